The molecular weight excluding hydrogens is 216 g/mol. The predicted molar refractivity (Wildman–Crippen MR) is 64.9 cm³/mol. The smallest absolute Gasteiger partial charge is 0.303 e. The van der Waals surface area contributed by atoms with Crippen LogP contribution in [-0.4, -0.2) is 59.1 Å². The molecule has 3 aliphatic rings. The molecule has 0 aliphatic carbocycles. The molecule has 0 amide bonds. The maximum absolute atomic E-state index is 10.7. The second kappa shape index (κ2) is 4.58. The summed E-state index contributed by atoms with van der Waals surface area (Å²) in [6.45, 7) is 4.68. The first-order chi connectivity index (χ1) is 8.24. The third-order valence-corrected chi connectivity index (χ3v) is 4.82. The molecule has 0 radical (unpaired) electrons. The van der Waals surface area contributed by atoms with Crippen LogP contribution < -0.4 is 0 Å². The number of aliphatic carboxylic acids is 1. The minimum absolute atomic E-state index is 0.359. The van der Waals surface area contributed by atoms with Gasteiger partial charge in [0.15, 0.2) is 0 Å². The Hall–Kier alpha value is -0.610. The molecule has 0 bridgehead atoms. The highest BCUT2D eigenvalue weighted by Crippen LogP contribution is 2.34. The number of rotatable bonds is 3. The van der Waals surface area contributed by atoms with Crippen molar-refractivity contribution in [3.63, 3.8) is 0 Å². The molecule has 17 heavy (non-hydrogen) atoms. The summed E-state index contributed by atoms with van der Waals surface area (Å²) in [5, 5.41) is 8.85. The highest BCUT2D eigenvalue weighted by atomic mass is 16.4. The molecule has 1 N–H and O–H groups in total. The minimum Gasteiger partial charge on any atom is -0.481 e. The van der Waals surface area contributed by atoms with Crippen LogP contribution in [0.4, 0.5) is 0 Å². The van der Waals surface area contributed by atoms with Crippen molar-refractivity contribution in [2.45, 2.75) is 44.2 Å². The molecule has 0 aromatic rings. The fraction of sp³-hybridized carbons (Fsp3) is 0.923. The SMILES string of the molecule is O=C(O)CC1CCN(C2CCN3CCCC23)C1. The van der Waals surface area contributed by atoms with E-state index in [1.54, 1.807) is 0 Å². The van der Waals surface area contributed by atoms with Crippen molar-refractivity contribution in [1.82, 2.24) is 9.80 Å². The number of carboxylic acids is 1. The van der Waals surface area contributed by atoms with Gasteiger partial charge in [-0.3, -0.25) is 14.6 Å². The van der Waals surface area contributed by atoms with E-state index < -0.39 is 5.97 Å². The molecule has 96 valence electrons. The summed E-state index contributed by atoms with van der Waals surface area (Å²) in [5.41, 5.74) is 0. The van der Waals surface area contributed by atoms with Crippen LogP contribution in [0.2, 0.25) is 0 Å². The van der Waals surface area contributed by atoms with Gasteiger partial charge < -0.3 is 5.11 Å². The monoisotopic (exact) mass is 238 g/mol. The molecule has 3 aliphatic heterocycles. The zero-order valence-corrected chi connectivity index (χ0v) is 10.3. The minimum atomic E-state index is -0.634. The summed E-state index contributed by atoms with van der Waals surface area (Å²) in [6.07, 6.45) is 5.44. The van der Waals surface area contributed by atoms with Crippen LogP contribution in [0.5, 0.6) is 0 Å². The first-order valence-corrected chi connectivity index (χ1v) is 6.94. The molecule has 3 saturated heterocycles. The average molecular weight is 238 g/mol. The van der Waals surface area contributed by atoms with Crippen LogP contribution in [0.3, 0.4) is 0 Å². The van der Waals surface area contributed by atoms with Gasteiger partial charge >= 0.3 is 5.97 Å². The number of carbonyl (C=O) groups is 1. The predicted octanol–water partition coefficient (Wildman–Crippen LogP) is 1.02. The number of carboxylic acid groups (broad SMARTS) is 1. The van der Waals surface area contributed by atoms with E-state index in [1.165, 1.54) is 32.4 Å². The van der Waals surface area contributed by atoms with Gasteiger partial charge in [0, 0.05) is 31.6 Å². The number of hydrogen-bond donors (Lipinski definition) is 1. The van der Waals surface area contributed by atoms with Crippen LogP contribution >= 0.6 is 0 Å². The molecule has 3 rings (SSSR count). The highest BCUT2D eigenvalue weighted by Gasteiger charge is 2.42. The van der Waals surface area contributed by atoms with Crippen molar-refractivity contribution in [2.75, 3.05) is 26.2 Å². The van der Waals surface area contributed by atoms with Crippen molar-refractivity contribution in [1.29, 1.82) is 0 Å². The Bertz CT molecular complexity index is 308. The van der Waals surface area contributed by atoms with Gasteiger partial charge in [-0.05, 0) is 44.7 Å². The van der Waals surface area contributed by atoms with Crippen molar-refractivity contribution in [2.24, 2.45) is 5.92 Å². The Labute approximate surface area is 103 Å². The molecule has 0 aromatic heterocycles. The van der Waals surface area contributed by atoms with Crippen molar-refractivity contribution >= 4 is 5.97 Å². The molecule has 3 atom stereocenters. The molecular formula is C13H22N2O2. The lowest BCUT2D eigenvalue weighted by molar-refractivity contribution is -0.138. The Morgan fingerprint density at radius 2 is 1.82 bits per heavy atom. The summed E-state index contributed by atoms with van der Waals surface area (Å²) < 4.78 is 0. The third kappa shape index (κ3) is 2.20. The van der Waals surface area contributed by atoms with Crippen LogP contribution in [0.25, 0.3) is 0 Å². The van der Waals surface area contributed by atoms with Crippen molar-refractivity contribution in [3.8, 4) is 0 Å². The largest absolute Gasteiger partial charge is 0.481 e. The van der Waals surface area contributed by atoms with E-state index in [2.05, 4.69) is 9.80 Å². The molecule has 3 fully saturated rings. The van der Waals surface area contributed by atoms with E-state index in [9.17, 15) is 4.79 Å². The summed E-state index contributed by atoms with van der Waals surface area (Å²) in [4.78, 5) is 15.9. The normalized spacial score (nSPS) is 38.7. The fourth-order valence-electron chi connectivity index (χ4n) is 4.06. The molecule has 4 nitrogen and oxygen atoms in total. The lowest BCUT2D eigenvalue weighted by atomic mass is 10.0. The number of nitrogens with zero attached hydrogens (tertiary/aromatic N) is 2. The van der Waals surface area contributed by atoms with Crippen LogP contribution in [0.15, 0.2) is 0 Å². The second-order valence-electron chi connectivity index (χ2n) is 5.85. The Kier molecular flexibility index (Phi) is 3.09. The molecule has 3 unspecified atom stereocenters. The van der Waals surface area contributed by atoms with Gasteiger partial charge in [0.05, 0.1) is 0 Å². The molecule has 0 saturated carbocycles. The lowest BCUT2D eigenvalue weighted by Crippen LogP contribution is -2.41. The topological polar surface area (TPSA) is 43.8 Å². The summed E-state index contributed by atoms with van der Waals surface area (Å²) in [6, 6.07) is 1.50. The average Bonchev–Trinajstić information content (AvgIpc) is 2.89. The first kappa shape index (κ1) is 11.5. The third-order valence-electron chi connectivity index (χ3n) is 4.82. The highest BCUT2D eigenvalue weighted by molar-refractivity contribution is 5.67. The van der Waals surface area contributed by atoms with Crippen LogP contribution in [0, 0.1) is 5.92 Å². The van der Waals surface area contributed by atoms with E-state index in [1.807, 2.05) is 0 Å². The number of hydrogen-bond acceptors (Lipinski definition) is 3. The zero-order valence-electron chi connectivity index (χ0n) is 10.3. The second-order valence-corrected chi connectivity index (χ2v) is 5.85. The van der Waals surface area contributed by atoms with E-state index >= 15 is 0 Å². The van der Waals surface area contributed by atoms with Crippen molar-refractivity contribution in [3.05, 3.63) is 0 Å². The van der Waals surface area contributed by atoms with E-state index in [0.29, 0.717) is 12.3 Å². The maximum Gasteiger partial charge on any atom is 0.303 e. The first-order valence-electron chi connectivity index (χ1n) is 6.94. The Morgan fingerprint density at radius 1 is 1.06 bits per heavy atom. The lowest BCUT2D eigenvalue weighted by Gasteiger charge is -2.29. The van der Waals surface area contributed by atoms with Gasteiger partial charge in [-0.1, -0.05) is 0 Å². The number of fused-ring (bicyclic) bond motifs is 1. The van der Waals surface area contributed by atoms with E-state index in [0.717, 1.165) is 31.6 Å². The molecule has 0 aromatic carbocycles. The molecule has 0 spiro atoms. The van der Waals surface area contributed by atoms with E-state index in [4.69, 9.17) is 5.11 Å². The van der Waals surface area contributed by atoms with Crippen LogP contribution in [0.1, 0.15) is 32.1 Å². The summed E-state index contributed by atoms with van der Waals surface area (Å²) in [5.74, 6) is -0.242. The van der Waals surface area contributed by atoms with Gasteiger partial charge in [0.2, 0.25) is 0 Å². The number of likely N-dealkylation sites (tertiary alicyclic amines) is 1. The molecule has 3 heterocycles. The molecule has 4 heteroatoms. The van der Waals surface area contributed by atoms with Gasteiger partial charge in [-0.15, -0.1) is 0 Å². The Balaban J connectivity index is 1.57. The summed E-state index contributed by atoms with van der Waals surface area (Å²) >= 11 is 0. The van der Waals surface area contributed by atoms with E-state index in [-0.39, 0.29) is 0 Å². The zero-order chi connectivity index (χ0) is 11.8. The summed E-state index contributed by atoms with van der Waals surface area (Å²) in [7, 11) is 0. The van der Waals surface area contributed by atoms with Gasteiger partial charge in [-0.25, -0.2) is 0 Å². The standard InChI is InChI=1S/C13H22N2O2/c16-13(17)8-10-3-6-15(9-10)12-4-7-14-5-1-2-11(12)14/h10-12H,1-9H2,(H,16,17). The van der Waals surface area contributed by atoms with Crippen LogP contribution in [-0.2, 0) is 4.79 Å². The van der Waals surface area contributed by atoms with Gasteiger partial charge in [0.25, 0.3) is 0 Å². The maximum atomic E-state index is 10.7. The fourth-order valence-corrected chi connectivity index (χ4v) is 4.06. The van der Waals surface area contributed by atoms with Crippen molar-refractivity contribution < 1.29 is 9.90 Å². The Morgan fingerprint density at radius 3 is 2.65 bits per heavy atom. The quantitative estimate of drug-likeness (QED) is 0.797. The van der Waals surface area contributed by atoms with Gasteiger partial charge in [0.1, 0.15) is 0 Å². The van der Waals surface area contributed by atoms with Gasteiger partial charge in [-0.2, -0.15) is 0 Å².